The van der Waals surface area contributed by atoms with Gasteiger partial charge in [-0.2, -0.15) is 0 Å². The fraction of sp³-hybridized carbons (Fsp3) is 0.250. The minimum Gasteiger partial charge on any atom is -0.488 e. The van der Waals surface area contributed by atoms with Gasteiger partial charge in [-0.15, -0.1) is 10.0 Å². The predicted molar refractivity (Wildman–Crippen MR) is 146 cm³/mol. The zero-order valence-electron chi connectivity index (χ0n) is 21.2. The van der Waals surface area contributed by atoms with Crippen molar-refractivity contribution in [2.24, 2.45) is 0 Å². The van der Waals surface area contributed by atoms with Gasteiger partial charge < -0.3 is 4.74 Å². The van der Waals surface area contributed by atoms with Crippen molar-refractivity contribution in [1.29, 1.82) is 0 Å². The zero-order chi connectivity index (χ0) is 24.4. The number of hydrogen-bond acceptors (Lipinski definition) is 1. The first-order valence-electron chi connectivity index (χ1n) is 11.9. The molecule has 0 aliphatic carbocycles. The molecule has 4 aromatic rings. The maximum absolute atomic E-state index is 6.15. The molecule has 0 aromatic heterocycles. The fourth-order valence-corrected chi connectivity index (χ4v) is 8.14. The third-order valence-electron chi connectivity index (χ3n) is 5.87. The highest BCUT2D eigenvalue weighted by Gasteiger charge is 2.33. The third-order valence-corrected chi connectivity index (χ3v) is 9.79. The molecule has 34 heavy (non-hydrogen) atoms. The lowest BCUT2D eigenvalue weighted by atomic mass is 9.87. The first-order valence-corrected chi connectivity index (χ1v) is 13.6. The number of hydrogen-bond donors (Lipinski definition) is 0. The number of rotatable bonds is 5. The highest BCUT2D eigenvalue weighted by molar-refractivity contribution is 8.34. The van der Waals surface area contributed by atoms with Crippen molar-refractivity contribution in [3.8, 4) is 5.75 Å². The van der Waals surface area contributed by atoms with Crippen molar-refractivity contribution in [2.45, 2.75) is 72.1 Å². The Morgan fingerprint density at radius 1 is 0.471 bits per heavy atom. The Bertz CT molecular complexity index is 1160. The summed E-state index contributed by atoms with van der Waals surface area (Å²) >= 11 is 0. The summed E-state index contributed by atoms with van der Waals surface area (Å²) in [6.07, 6.45) is 0. The average Bonchev–Trinajstić information content (AvgIpc) is 2.81. The molecule has 4 rings (SSSR count). The molecular weight excluding hydrogens is 432 g/mol. The second kappa shape index (κ2) is 9.35. The summed E-state index contributed by atoms with van der Waals surface area (Å²) in [6.45, 7) is 13.1. The fourth-order valence-electron chi connectivity index (χ4n) is 4.29. The molecule has 0 aliphatic rings. The second-order valence-corrected chi connectivity index (χ2v) is 13.8. The Balaban J connectivity index is 1.99. The van der Waals surface area contributed by atoms with Crippen molar-refractivity contribution in [2.75, 3.05) is 0 Å². The quantitative estimate of drug-likeness (QED) is 0.283. The van der Waals surface area contributed by atoms with Crippen LogP contribution >= 0.6 is 10.0 Å². The molecule has 2 heteroatoms. The molecule has 0 amide bonds. The number of ether oxygens (including phenoxy) is 1. The van der Waals surface area contributed by atoms with Gasteiger partial charge in [-0.1, -0.05) is 69.3 Å². The van der Waals surface area contributed by atoms with Crippen LogP contribution in [0.4, 0.5) is 0 Å². The van der Waals surface area contributed by atoms with E-state index in [4.69, 9.17) is 4.74 Å². The van der Waals surface area contributed by atoms with Gasteiger partial charge in [-0.25, -0.2) is 0 Å². The standard InChI is InChI=1S/C32H36OS/c1-31(2,3)25-17-21-29(22-18-25)34(27-13-9-7-10-14-27,28-15-11-8-12-16-28)30-23-19-26(20-24-30)33-32(4,5)6/h7-24H,1-6H3. The van der Waals surface area contributed by atoms with Crippen LogP contribution in [-0.4, -0.2) is 5.60 Å². The Hall–Kier alpha value is -2.97. The van der Waals surface area contributed by atoms with Crippen molar-refractivity contribution in [1.82, 2.24) is 0 Å². The van der Waals surface area contributed by atoms with Gasteiger partial charge in [0.1, 0.15) is 11.4 Å². The summed E-state index contributed by atoms with van der Waals surface area (Å²) in [5.41, 5.74) is 1.23. The van der Waals surface area contributed by atoms with Crippen LogP contribution in [0.15, 0.2) is 129 Å². The van der Waals surface area contributed by atoms with Crippen LogP contribution in [0.25, 0.3) is 0 Å². The van der Waals surface area contributed by atoms with Gasteiger partial charge in [0, 0.05) is 19.6 Å². The van der Waals surface area contributed by atoms with E-state index in [1.807, 2.05) is 0 Å². The highest BCUT2D eigenvalue weighted by Crippen LogP contribution is 2.73. The van der Waals surface area contributed by atoms with Gasteiger partial charge in [0.05, 0.1) is 0 Å². The smallest absolute Gasteiger partial charge is 0.120 e. The van der Waals surface area contributed by atoms with Crippen LogP contribution in [0.1, 0.15) is 47.1 Å². The topological polar surface area (TPSA) is 9.23 Å². The summed E-state index contributed by atoms with van der Waals surface area (Å²) in [7, 11) is -1.69. The van der Waals surface area contributed by atoms with E-state index in [1.54, 1.807) is 0 Å². The molecule has 0 aliphatic heterocycles. The van der Waals surface area contributed by atoms with E-state index in [2.05, 4.69) is 151 Å². The van der Waals surface area contributed by atoms with Crippen LogP contribution in [0.3, 0.4) is 0 Å². The minimum atomic E-state index is -1.69. The molecule has 0 saturated heterocycles. The third kappa shape index (κ3) is 4.93. The normalized spacial score (nSPS) is 12.9. The lowest BCUT2D eigenvalue weighted by molar-refractivity contribution is 0.131. The van der Waals surface area contributed by atoms with Crippen molar-refractivity contribution >= 4 is 10.0 Å². The van der Waals surface area contributed by atoms with Crippen molar-refractivity contribution < 1.29 is 4.74 Å². The molecule has 0 heterocycles. The molecular formula is C32H36OS. The molecule has 0 saturated carbocycles. The van der Waals surface area contributed by atoms with Gasteiger partial charge in [-0.05, 0) is 92.4 Å². The predicted octanol–water partition coefficient (Wildman–Crippen LogP) is 9.50. The molecule has 0 unspecified atom stereocenters. The number of benzene rings is 4. The van der Waals surface area contributed by atoms with Crippen LogP contribution in [0, 0.1) is 0 Å². The van der Waals surface area contributed by atoms with E-state index in [0.29, 0.717) is 0 Å². The van der Waals surface area contributed by atoms with Crippen LogP contribution in [0.2, 0.25) is 0 Å². The Kier molecular flexibility index (Phi) is 6.64. The summed E-state index contributed by atoms with van der Waals surface area (Å²) in [4.78, 5) is 5.29. The van der Waals surface area contributed by atoms with Crippen LogP contribution in [-0.2, 0) is 5.41 Å². The summed E-state index contributed by atoms with van der Waals surface area (Å²) < 4.78 is 6.15. The van der Waals surface area contributed by atoms with Gasteiger partial charge in [0.15, 0.2) is 0 Å². The second-order valence-electron chi connectivity index (χ2n) is 10.7. The van der Waals surface area contributed by atoms with E-state index >= 15 is 0 Å². The van der Waals surface area contributed by atoms with E-state index in [-0.39, 0.29) is 11.0 Å². The molecule has 0 spiro atoms. The van der Waals surface area contributed by atoms with Crippen LogP contribution < -0.4 is 4.74 Å². The summed E-state index contributed by atoms with van der Waals surface area (Å²) in [5, 5.41) is 0. The van der Waals surface area contributed by atoms with Gasteiger partial charge >= 0.3 is 0 Å². The monoisotopic (exact) mass is 468 g/mol. The first-order chi connectivity index (χ1) is 16.1. The molecule has 0 bridgehead atoms. The van der Waals surface area contributed by atoms with Gasteiger partial charge in [-0.3, -0.25) is 0 Å². The maximum atomic E-state index is 6.15. The van der Waals surface area contributed by atoms with Crippen LogP contribution in [0.5, 0.6) is 5.75 Å². The Labute approximate surface area is 207 Å². The first kappa shape index (κ1) is 24.2. The zero-order valence-corrected chi connectivity index (χ0v) is 22.0. The lowest BCUT2D eigenvalue weighted by Crippen LogP contribution is -2.22. The Morgan fingerprint density at radius 3 is 1.24 bits per heavy atom. The molecule has 0 atom stereocenters. The van der Waals surface area contributed by atoms with E-state index < -0.39 is 10.0 Å². The molecule has 0 fully saturated rings. The molecule has 176 valence electrons. The minimum absolute atomic E-state index is 0.113. The summed E-state index contributed by atoms with van der Waals surface area (Å²) in [6, 6.07) is 40.0. The molecule has 0 radical (unpaired) electrons. The Morgan fingerprint density at radius 2 is 0.853 bits per heavy atom. The van der Waals surface area contributed by atoms with Gasteiger partial charge in [0.25, 0.3) is 0 Å². The average molecular weight is 469 g/mol. The lowest BCUT2D eigenvalue weighted by Gasteiger charge is -2.42. The SMILES string of the molecule is CC(C)(C)Oc1ccc(S(c2ccccc2)(c2ccccc2)c2ccc(C(C)(C)C)cc2)cc1. The van der Waals surface area contributed by atoms with Crippen molar-refractivity contribution in [3.63, 3.8) is 0 Å². The molecule has 0 N–H and O–H groups in total. The highest BCUT2D eigenvalue weighted by atomic mass is 32.3. The van der Waals surface area contributed by atoms with Crippen molar-refractivity contribution in [3.05, 3.63) is 115 Å². The molecule has 4 aromatic carbocycles. The summed E-state index contributed by atoms with van der Waals surface area (Å²) in [5.74, 6) is 0.897. The molecule has 1 nitrogen and oxygen atoms in total. The van der Waals surface area contributed by atoms with Gasteiger partial charge in [0.2, 0.25) is 0 Å². The maximum Gasteiger partial charge on any atom is 0.120 e. The largest absolute Gasteiger partial charge is 0.488 e. The van der Waals surface area contributed by atoms with E-state index in [9.17, 15) is 0 Å². The van der Waals surface area contributed by atoms with E-state index in [1.165, 1.54) is 25.1 Å². The van der Waals surface area contributed by atoms with E-state index in [0.717, 1.165) is 5.75 Å².